The highest BCUT2D eigenvalue weighted by molar-refractivity contribution is 6.20. The van der Waals surface area contributed by atoms with Crippen molar-refractivity contribution in [2.24, 2.45) is 0 Å². The van der Waals surface area contributed by atoms with Crippen LogP contribution in [0, 0.1) is 0 Å². The van der Waals surface area contributed by atoms with Gasteiger partial charge in [-0.3, -0.25) is 19.2 Å². The number of hydrogen-bond acceptors (Lipinski definition) is 7. The van der Waals surface area contributed by atoms with E-state index in [1.54, 1.807) is 31.4 Å². The molecular formula is C33H30O7. The summed E-state index contributed by atoms with van der Waals surface area (Å²) in [6.45, 7) is 7.52. The third kappa shape index (κ3) is 6.69. The fraction of sp³-hybridized carbons (Fsp3) is 0.152. The maximum atomic E-state index is 12.2. The summed E-state index contributed by atoms with van der Waals surface area (Å²) in [5, 5.41) is 0. The van der Waals surface area contributed by atoms with Crippen LogP contribution in [0.4, 0.5) is 0 Å². The zero-order valence-corrected chi connectivity index (χ0v) is 22.6. The molecule has 0 aliphatic heterocycles. The molecule has 0 aromatic heterocycles. The number of carbonyl (C=O) groups is 4. The summed E-state index contributed by atoms with van der Waals surface area (Å²) in [6, 6.07) is 16.8. The Kier molecular flexibility index (Phi) is 10.1. The number of carbonyl (C=O) groups excluding carboxylic acids is 4. The molecule has 4 rings (SSSR count). The summed E-state index contributed by atoms with van der Waals surface area (Å²) >= 11 is 0. The van der Waals surface area contributed by atoms with E-state index >= 15 is 0 Å². The van der Waals surface area contributed by atoms with Gasteiger partial charge in [0.1, 0.15) is 5.75 Å². The van der Waals surface area contributed by atoms with Gasteiger partial charge >= 0.3 is 0 Å². The van der Waals surface area contributed by atoms with Crippen LogP contribution in [0.1, 0.15) is 23.0 Å². The van der Waals surface area contributed by atoms with Gasteiger partial charge in [-0.2, -0.15) is 0 Å². The molecule has 2 aliphatic rings. The van der Waals surface area contributed by atoms with E-state index in [2.05, 4.69) is 13.2 Å². The van der Waals surface area contributed by atoms with Crippen molar-refractivity contribution in [1.29, 1.82) is 0 Å². The van der Waals surface area contributed by atoms with Crippen molar-refractivity contribution in [2.75, 3.05) is 21.3 Å². The molecule has 0 saturated carbocycles. The maximum absolute atomic E-state index is 12.2. The highest BCUT2D eigenvalue weighted by atomic mass is 16.5. The van der Waals surface area contributed by atoms with Crippen molar-refractivity contribution in [2.45, 2.75) is 11.8 Å². The topological polar surface area (TPSA) is 96.0 Å². The molecule has 2 aromatic carbocycles. The van der Waals surface area contributed by atoms with Crippen LogP contribution in [0.2, 0.25) is 0 Å². The molecule has 2 aliphatic carbocycles. The fourth-order valence-corrected chi connectivity index (χ4v) is 4.28. The van der Waals surface area contributed by atoms with Crippen LogP contribution >= 0.6 is 0 Å². The van der Waals surface area contributed by atoms with E-state index < -0.39 is 0 Å². The van der Waals surface area contributed by atoms with Crippen LogP contribution in [0.5, 0.6) is 5.75 Å². The van der Waals surface area contributed by atoms with E-state index in [4.69, 9.17) is 14.2 Å². The first-order chi connectivity index (χ1) is 19.3. The lowest BCUT2D eigenvalue weighted by Crippen LogP contribution is -2.18. The molecule has 7 nitrogen and oxygen atoms in total. The Morgan fingerprint density at radius 2 is 0.975 bits per heavy atom. The van der Waals surface area contributed by atoms with Crippen LogP contribution in [0.3, 0.4) is 0 Å². The van der Waals surface area contributed by atoms with Crippen LogP contribution in [0.15, 0.2) is 127 Å². The molecule has 0 bridgehead atoms. The molecule has 2 atom stereocenters. The van der Waals surface area contributed by atoms with E-state index in [0.717, 1.165) is 16.9 Å². The van der Waals surface area contributed by atoms with E-state index in [1.807, 2.05) is 42.5 Å². The standard InChI is InChI=1S/C17H16O4.C16H14O3/c1-4-13(11-5-7-12(20-2)8-6-11)14-9-16(19)17(21-3)10-15(14)18;1-3-12(11-7-5-4-6-8-11)13-9-15(18)16(19-2)10-14(13)17/h4-10,13H,1H2,2-3H3;3-10,12H,1H2,2H3. The molecule has 2 aromatic rings. The Bertz CT molecular complexity index is 1440. The quantitative estimate of drug-likeness (QED) is 0.322. The van der Waals surface area contributed by atoms with Crippen molar-refractivity contribution in [3.63, 3.8) is 0 Å². The van der Waals surface area contributed by atoms with Gasteiger partial charge in [0.15, 0.2) is 23.1 Å². The van der Waals surface area contributed by atoms with E-state index in [-0.39, 0.29) is 46.5 Å². The van der Waals surface area contributed by atoms with Gasteiger partial charge in [-0.1, -0.05) is 54.6 Å². The summed E-state index contributed by atoms with van der Waals surface area (Å²) < 4.78 is 14.8. The molecule has 0 amide bonds. The minimum atomic E-state index is -0.345. The lowest BCUT2D eigenvalue weighted by Gasteiger charge is -2.18. The van der Waals surface area contributed by atoms with Gasteiger partial charge in [-0.25, -0.2) is 0 Å². The SMILES string of the molecule is C=CC(C1=CC(=O)C(OC)=CC1=O)c1ccc(OC)cc1.C=CC(C1=CC(=O)C(OC)=CC1=O)c1ccccc1. The van der Waals surface area contributed by atoms with Crippen molar-refractivity contribution < 1.29 is 33.4 Å². The molecule has 2 unspecified atom stereocenters. The predicted molar refractivity (Wildman–Crippen MR) is 152 cm³/mol. The zero-order chi connectivity index (χ0) is 29.2. The smallest absolute Gasteiger partial charge is 0.220 e. The second kappa shape index (κ2) is 13.7. The summed E-state index contributed by atoms with van der Waals surface area (Å²) in [5.41, 5.74) is 2.61. The van der Waals surface area contributed by atoms with Crippen LogP contribution in [-0.4, -0.2) is 44.5 Å². The normalized spacial score (nSPS) is 16.2. The fourth-order valence-electron chi connectivity index (χ4n) is 4.28. The van der Waals surface area contributed by atoms with Crippen LogP contribution in [-0.2, 0) is 28.7 Å². The van der Waals surface area contributed by atoms with Gasteiger partial charge in [-0.05, 0) is 35.4 Å². The number of benzene rings is 2. The monoisotopic (exact) mass is 538 g/mol. The number of ketones is 4. The van der Waals surface area contributed by atoms with Gasteiger partial charge < -0.3 is 14.2 Å². The number of hydrogen-bond donors (Lipinski definition) is 0. The second-order valence-corrected chi connectivity index (χ2v) is 8.69. The molecule has 0 fully saturated rings. The van der Waals surface area contributed by atoms with Gasteiger partial charge in [0.05, 0.1) is 21.3 Å². The molecule has 0 heterocycles. The van der Waals surface area contributed by atoms with E-state index in [0.29, 0.717) is 11.1 Å². The lowest BCUT2D eigenvalue weighted by molar-refractivity contribution is -0.117. The molecule has 0 saturated heterocycles. The Morgan fingerprint density at radius 1 is 0.550 bits per heavy atom. The Hall–Kier alpha value is -5.04. The molecule has 40 heavy (non-hydrogen) atoms. The minimum Gasteiger partial charge on any atom is -0.497 e. The van der Waals surface area contributed by atoms with Crippen molar-refractivity contribution >= 4 is 23.1 Å². The van der Waals surface area contributed by atoms with E-state index in [9.17, 15) is 19.2 Å². The molecule has 0 spiro atoms. The van der Waals surface area contributed by atoms with Crippen molar-refractivity contribution in [1.82, 2.24) is 0 Å². The predicted octanol–water partition coefficient (Wildman–Crippen LogP) is 5.14. The van der Waals surface area contributed by atoms with Gasteiger partial charge in [-0.15, -0.1) is 13.2 Å². The largest absolute Gasteiger partial charge is 0.497 e. The molecule has 7 heteroatoms. The third-order valence-electron chi connectivity index (χ3n) is 6.37. The summed E-state index contributed by atoms with van der Waals surface area (Å²) in [5.74, 6) is -0.840. The highest BCUT2D eigenvalue weighted by Gasteiger charge is 2.27. The minimum absolute atomic E-state index is 0.0568. The average molecular weight is 539 g/mol. The lowest BCUT2D eigenvalue weighted by atomic mass is 9.85. The van der Waals surface area contributed by atoms with Gasteiger partial charge in [0.25, 0.3) is 0 Å². The van der Waals surface area contributed by atoms with Crippen LogP contribution < -0.4 is 4.74 Å². The number of allylic oxidation sites excluding steroid dienone is 8. The van der Waals surface area contributed by atoms with Gasteiger partial charge in [0, 0.05) is 35.1 Å². The summed E-state index contributed by atoms with van der Waals surface area (Å²) in [6.07, 6.45) is 8.41. The molecule has 0 radical (unpaired) electrons. The second-order valence-electron chi connectivity index (χ2n) is 8.69. The zero-order valence-electron chi connectivity index (χ0n) is 22.6. The number of ether oxygens (including phenoxy) is 3. The highest BCUT2D eigenvalue weighted by Crippen LogP contribution is 2.31. The van der Waals surface area contributed by atoms with Gasteiger partial charge in [0.2, 0.25) is 11.6 Å². The first kappa shape index (κ1) is 29.5. The van der Waals surface area contributed by atoms with Crippen molar-refractivity contribution in [3.8, 4) is 5.75 Å². The number of rotatable bonds is 9. The van der Waals surface area contributed by atoms with E-state index in [1.165, 1.54) is 38.5 Å². The van der Waals surface area contributed by atoms with Crippen LogP contribution in [0.25, 0.3) is 0 Å². The number of methoxy groups -OCH3 is 3. The summed E-state index contributed by atoms with van der Waals surface area (Å²) in [4.78, 5) is 47.8. The maximum Gasteiger partial charge on any atom is 0.220 e. The third-order valence-corrected chi connectivity index (χ3v) is 6.37. The Balaban J connectivity index is 0.000000222. The molecular weight excluding hydrogens is 508 g/mol. The first-order valence-electron chi connectivity index (χ1n) is 12.3. The first-order valence-corrected chi connectivity index (χ1v) is 12.3. The Labute approximate surface area is 233 Å². The van der Waals surface area contributed by atoms with Crippen molar-refractivity contribution in [3.05, 3.63) is 138 Å². The average Bonchev–Trinajstić information content (AvgIpc) is 2.98. The molecule has 0 N–H and O–H groups in total. The summed E-state index contributed by atoms with van der Waals surface area (Å²) in [7, 11) is 4.32. The molecule has 204 valence electrons. The Morgan fingerprint density at radius 3 is 1.35 bits per heavy atom.